The molecule has 0 fully saturated rings. The molecule has 0 saturated carbocycles. The summed E-state index contributed by atoms with van der Waals surface area (Å²) >= 11 is 0. The molecule has 2 atom stereocenters. The van der Waals surface area contributed by atoms with E-state index in [1.807, 2.05) is 0 Å². The van der Waals surface area contributed by atoms with Crippen molar-refractivity contribution in [3.05, 3.63) is 83.7 Å². The van der Waals surface area contributed by atoms with Crippen LogP contribution in [0.1, 0.15) is 24.0 Å². The minimum absolute atomic E-state index is 0.139. The van der Waals surface area contributed by atoms with Crippen LogP contribution in [-0.4, -0.2) is 19.9 Å². The van der Waals surface area contributed by atoms with Crippen LogP contribution in [0.15, 0.2) is 55.1 Å². The van der Waals surface area contributed by atoms with Gasteiger partial charge < -0.3 is 5.11 Å². The Balaban J connectivity index is 2.13. The molecular weight excluding hydrogens is 331 g/mol. The smallest absolute Gasteiger partial charge is 0.137 e. The summed E-state index contributed by atoms with van der Waals surface area (Å²) in [6.45, 7) is 1.41. The molecule has 0 amide bonds. The van der Waals surface area contributed by atoms with E-state index in [0.717, 1.165) is 6.07 Å². The quantitative estimate of drug-likeness (QED) is 0.770. The molecule has 1 N–H and O–H groups in total. The molecule has 0 aliphatic carbocycles. The van der Waals surface area contributed by atoms with Gasteiger partial charge in [-0.05, 0) is 17.7 Å². The SMILES string of the molecule is C[C@@H](c1ccccc1F)[C@](O)(Cn1cncn1)c1ccc(F)cc1F. The predicted molar refractivity (Wildman–Crippen MR) is 85.1 cm³/mol. The second-order valence-corrected chi connectivity index (χ2v) is 5.88. The Morgan fingerprint density at radius 2 is 1.88 bits per heavy atom. The normalized spacial score (nSPS) is 14.9. The molecule has 1 heterocycles. The van der Waals surface area contributed by atoms with Crippen LogP contribution in [0.2, 0.25) is 0 Å². The second kappa shape index (κ2) is 6.68. The predicted octanol–water partition coefficient (Wildman–Crippen LogP) is 3.39. The van der Waals surface area contributed by atoms with E-state index >= 15 is 0 Å². The van der Waals surface area contributed by atoms with Gasteiger partial charge in [-0.3, -0.25) is 0 Å². The fourth-order valence-corrected chi connectivity index (χ4v) is 2.94. The average Bonchev–Trinajstić information content (AvgIpc) is 3.07. The first kappa shape index (κ1) is 17.2. The van der Waals surface area contributed by atoms with Crippen LogP contribution in [0.3, 0.4) is 0 Å². The lowest BCUT2D eigenvalue weighted by atomic mass is 9.78. The summed E-state index contributed by atoms with van der Waals surface area (Å²) in [4.78, 5) is 3.80. The number of hydrogen-bond acceptors (Lipinski definition) is 3. The van der Waals surface area contributed by atoms with Crippen LogP contribution < -0.4 is 0 Å². The Labute approximate surface area is 142 Å². The summed E-state index contributed by atoms with van der Waals surface area (Å²) in [6.07, 6.45) is 2.63. The van der Waals surface area contributed by atoms with Crippen LogP contribution in [0.5, 0.6) is 0 Å². The monoisotopic (exact) mass is 347 g/mol. The highest BCUT2D eigenvalue weighted by Crippen LogP contribution is 2.40. The number of nitrogens with zero attached hydrogens (tertiary/aromatic N) is 3. The zero-order chi connectivity index (χ0) is 18.0. The molecule has 0 unspecified atom stereocenters. The van der Waals surface area contributed by atoms with E-state index in [4.69, 9.17) is 0 Å². The van der Waals surface area contributed by atoms with Gasteiger partial charge in [0.25, 0.3) is 0 Å². The van der Waals surface area contributed by atoms with Gasteiger partial charge in [-0.25, -0.2) is 22.8 Å². The van der Waals surface area contributed by atoms with Gasteiger partial charge in [0.05, 0.1) is 6.54 Å². The van der Waals surface area contributed by atoms with Crippen molar-refractivity contribution in [3.63, 3.8) is 0 Å². The van der Waals surface area contributed by atoms with Crippen molar-refractivity contribution in [2.24, 2.45) is 0 Å². The van der Waals surface area contributed by atoms with Crippen LogP contribution in [-0.2, 0) is 12.1 Å². The third-order valence-electron chi connectivity index (χ3n) is 4.36. The Hall–Kier alpha value is -2.67. The molecule has 0 saturated heterocycles. The number of hydrogen-bond donors (Lipinski definition) is 1. The van der Waals surface area contributed by atoms with Crippen LogP contribution in [0.25, 0.3) is 0 Å². The first-order valence-corrected chi connectivity index (χ1v) is 7.66. The average molecular weight is 347 g/mol. The molecule has 4 nitrogen and oxygen atoms in total. The maximum atomic E-state index is 14.4. The molecule has 2 aromatic carbocycles. The van der Waals surface area contributed by atoms with E-state index in [2.05, 4.69) is 10.1 Å². The molecule has 7 heteroatoms. The molecule has 0 radical (unpaired) electrons. The molecule has 0 spiro atoms. The third-order valence-corrected chi connectivity index (χ3v) is 4.36. The Kier molecular flexibility index (Phi) is 4.59. The fraction of sp³-hybridized carbons (Fsp3) is 0.222. The first-order chi connectivity index (χ1) is 11.9. The highest BCUT2D eigenvalue weighted by molar-refractivity contribution is 5.32. The molecular formula is C18H16F3N3O. The maximum absolute atomic E-state index is 14.4. The largest absolute Gasteiger partial charge is 0.382 e. The number of aliphatic hydroxyl groups is 1. The number of rotatable bonds is 5. The second-order valence-electron chi connectivity index (χ2n) is 5.88. The molecule has 130 valence electrons. The third kappa shape index (κ3) is 3.28. The van der Waals surface area contributed by atoms with E-state index in [1.165, 1.54) is 41.6 Å². The van der Waals surface area contributed by atoms with Gasteiger partial charge in [0.2, 0.25) is 0 Å². The lowest BCUT2D eigenvalue weighted by Crippen LogP contribution is -2.38. The zero-order valence-electron chi connectivity index (χ0n) is 13.4. The van der Waals surface area contributed by atoms with Crippen molar-refractivity contribution >= 4 is 0 Å². The lowest BCUT2D eigenvalue weighted by Gasteiger charge is -2.35. The summed E-state index contributed by atoms with van der Waals surface area (Å²) in [5, 5.41) is 15.3. The van der Waals surface area contributed by atoms with Gasteiger partial charge >= 0.3 is 0 Å². The van der Waals surface area contributed by atoms with E-state index < -0.39 is 29.0 Å². The van der Waals surface area contributed by atoms with Gasteiger partial charge in [0.1, 0.15) is 35.7 Å². The van der Waals surface area contributed by atoms with E-state index in [1.54, 1.807) is 13.0 Å². The summed E-state index contributed by atoms with van der Waals surface area (Å²) in [6, 6.07) is 8.86. The molecule has 1 aromatic heterocycles. The molecule has 3 aromatic rings. The minimum Gasteiger partial charge on any atom is -0.382 e. The molecule has 0 aliphatic rings. The van der Waals surface area contributed by atoms with E-state index in [0.29, 0.717) is 6.07 Å². The van der Waals surface area contributed by atoms with Crippen molar-refractivity contribution < 1.29 is 18.3 Å². The zero-order valence-corrected chi connectivity index (χ0v) is 13.4. The van der Waals surface area contributed by atoms with Crippen molar-refractivity contribution in [1.82, 2.24) is 14.8 Å². The summed E-state index contributed by atoms with van der Waals surface area (Å²) in [5.41, 5.74) is -1.79. The van der Waals surface area contributed by atoms with Crippen molar-refractivity contribution in [2.45, 2.75) is 25.0 Å². The van der Waals surface area contributed by atoms with E-state index in [-0.39, 0.29) is 17.7 Å². The molecule has 0 bridgehead atoms. The first-order valence-electron chi connectivity index (χ1n) is 7.66. The Bertz CT molecular complexity index is 870. The number of benzene rings is 2. The standard InChI is InChI=1S/C18H16F3N3O/c1-12(14-4-2-3-5-16(14)20)18(25,9-24-11-22-10-23-24)15-7-6-13(19)8-17(15)21/h2-8,10-12,25H,9H2,1H3/t12-,18+/m0/s1. The van der Waals surface area contributed by atoms with Crippen molar-refractivity contribution in [3.8, 4) is 0 Å². The van der Waals surface area contributed by atoms with Crippen LogP contribution in [0, 0.1) is 17.5 Å². The molecule has 3 rings (SSSR count). The summed E-state index contributed by atoms with van der Waals surface area (Å²) in [5.74, 6) is -3.03. The lowest BCUT2D eigenvalue weighted by molar-refractivity contribution is -0.0121. The van der Waals surface area contributed by atoms with Crippen molar-refractivity contribution in [1.29, 1.82) is 0 Å². The molecule has 0 aliphatic heterocycles. The topological polar surface area (TPSA) is 50.9 Å². The summed E-state index contributed by atoms with van der Waals surface area (Å²) < 4.78 is 43.3. The van der Waals surface area contributed by atoms with Gasteiger partial charge in [0.15, 0.2) is 0 Å². The van der Waals surface area contributed by atoms with Crippen LogP contribution in [0.4, 0.5) is 13.2 Å². The van der Waals surface area contributed by atoms with Crippen LogP contribution >= 0.6 is 0 Å². The highest BCUT2D eigenvalue weighted by atomic mass is 19.1. The van der Waals surface area contributed by atoms with Gasteiger partial charge in [-0.15, -0.1) is 0 Å². The van der Waals surface area contributed by atoms with E-state index in [9.17, 15) is 18.3 Å². The Morgan fingerprint density at radius 1 is 1.12 bits per heavy atom. The van der Waals surface area contributed by atoms with Gasteiger partial charge in [0, 0.05) is 17.5 Å². The van der Waals surface area contributed by atoms with Gasteiger partial charge in [-0.1, -0.05) is 31.2 Å². The van der Waals surface area contributed by atoms with Crippen molar-refractivity contribution in [2.75, 3.05) is 0 Å². The maximum Gasteiger partial charge on any atom is 0.137 e. The number of aromatic nitrogens is 3. The Morgan fingerprint density at radius 3 is 2.52 bits per heavy atom. The molecule has 25 heavy (non-hydrogen) atoms. The fourth-order valence-electron chi connectivity index (χ4n) is 2.94. The summed E-state index contributed by atoms with van der Waals surface area (Å²) in [7, 11) is 0. The van der Waals surface area contributed by atoms with Gasteiger partial charge in [-0.2, -0.15) is 5.10 Å². The minimum atomic E-state index is -1.87. The highest BCUT2D eigenvalue weighted by Gasteiger charge is 2.40. The number of halogens is 3.